The minimum atomic E-state index is -0.175. The molecule has 0 radical (unpaired) electrons. The maximum atomic E-state index is 11.5. The number of nitrogens with one attached hydrogen (secondary N) is 1. The zero-order chi connectivity index (χ0) is 12.8. The Morgan fingerprint density at radius 2 is 2.22 bits per heavy atom. The molecule has 0 fully saturated rings. The lowest BCUT2D eigenvalue weighted by atomic mass is 10.2. The summed E-state index contributed by atoms with van der Waals surface area (Å²) in [7, 11) is 0. The van der Waals surface area contributed by atoms with Crippen LogP contribution in [0.2, 0.25) is 5.02 Å². The Morgan fingerprint density at radius 1 is 1.33 bits per heavy atom. The maximum Gasteiger partial charge on any atom is 0.244 e. The van der Waals surface area contributed by atoms with E-state index >= 15 is 0 Å². The van der Waals surface area contributed by atoms with Crippen LogP contribution in [0.5, 0.6) is 0 Å². The van der Waals surface area contributed by atoms with Crippen LogP contribution in [-0.4, -0.2) is 5.91 Å². The van der Waals surface area contributed by atoms with Crippen molar-refractivity contribution in [3.05, 3.63) is 65.1 Å². The van der Waals surface area contributed by atoms with Gasteiger partial charge in [-0.3, -0.25) is 4.79 Å². The lowest BCUT2D eigenvalue weighted by Crippen LogP contribution is -2.19. The maximum absolute atomic E-state index is 11.5. The molecule has 0 unspecified atom stereocenters. The molecule has 0 aliphatic carbocycles. The molecule has 18 heavy (non-hydrogen) atoms. The van der Waals surface area contributed by atoms with Gasteiger partial charge in [0, 0.05) is 11.1 Å². The summed E-state index contributed by atoms with van der Waals surface area (Å²) in [5.74, 6) is 0.547. The summed E-state index contributed by atoms with van der Waals surface area (Å²) in [5.41, 5.74) is 0.885. The smallest absolute Gasteiger partial charge is 0.244 e. The number of carbonyl (C=O) groups excluding carboxylic acids is 1. The predicted octanol–water partition coefficient (Wildman–Crippen LogP) is 3.26. The third kappa shape index (κ3) is 3.79. The molecular weight excluding hydrogens is 250 g/mol. The zero-order valence-electron chi connectivity index (χ0n) is 9.60. The molecule has 92 valence electrons. The van der Waals surface area contributed by atoms with Gasteiger partial charge in [0.15, 0.2) is 0 Å². The minimum Gasteiger partial charge on any atom is -0.467 e. The molecule has 1 aromatic heterocycles. The second kappa shape index (κ2) is 6.07. The van der Waals surface area contributed by atoms with Crippen LogP contribution in [0.1, 0.15) is 11.3 Å². The van der Waals surface area contributed by atoms with Crippen LogP contribution in [0.3, 0.4) is 0 Å². The molecule has 0 aliphatic rings. The van der Waals surface area contributed by atoms with E-state index in [-0.39, 0.29) is 5.91 Å². The van der Waals surface area contributed by atoms with E-state index in [1.54, 1.807) is 36.6 Å². The predicted molar refractivity (Wildman–Crippen MR) is 71.0 cm³/mol. The topological polar surface area (TPSA) is 42.2 Å². The fourth-order valence-corrected chi connectivity index (χ4v) is 1.63. The number of hydrogen-bond acceptors (Lipinski definition) is 2. The van der Waals surface area contributed by atoms with E-state index in [2.05, 4.69) is 5.32 Å². The van der Waals surface area contributed by atoms with Gasteiger partial charge in [0.05, 0.1) is 12.8 Å². The van der Waals surface area contributed by atoms with Crippen molar-refractivity contribution in [1.29, 1.82) is 0 Å². The van der Waals surface area contributed by atoms with Crippen molar-refractivity contribution in [3.8, 4) is 0 Å². The molecule has 0 saturated carbocycles. The summed E-state index contributed by atoms with van der Waals surface area (Å²) in [5, 5.41) is 3.36. The second-order valence-corrected chi connectivity index (χ2v) is 4.12. The van der Waals surface area contributed by atoms with Crippen molar-refractivity contribution in [2.24, 2.45) is 0 Å². The second-order valence-electron chi connectivity index (χ2n) is 3.69. The SMILES string of the molecule is O=C(C=Cc1cccc(Cl)c1)NCc1ccco1. The van der Waals surface area contributed by atoms with Gasteiger partial charge >= 0.3 is 0 Å². The lowest BCUT2D eigenvalue weighted by Gasteiger charge is -1.98. The van der Waals surface area contributed by atoms with Gasteiger partial charge in [-0.1, -0.05) is 23.7 Å². The Morgan fingerprint density at radius 3 is 2.94 bits per heavy atom. The number of halogens is 1. The highest BCUT2D eigenvalue weighted by molar-refractivity contribution is 6.30. The van der Waals surface area contributed by atoms with Gasteiger partial charge in [-0.2, -0.15) is 0 Å². The van der Waals surface area contributed by atoms with Crippen LogP contribution >= 0.6 is 11.6 Å². The third-order valence-corrected chi connectivity index (χ3v) is 2.53. The highest BCUT2D eigenvalue weighted by Gasteiger charge is 1.98. The molecule has 1 amide bonds. The number of hydrogen-bond donors (Lipinski definition) is 1. The number of carbonyl (C=O) groups is 1. The Kier molecular flexibility index (Phi) is 4.20. The normalized spacial score (nSPS) is 10.7. The van der Waals surface area contributed by atoms with E-state index in [9.17, 15) is 4.79 Å². The van der Waals surface area contributed by atoms with Crippen molar-refractivity contribution in [2.75, 3.05) is 0 Å². The van der Waals surface area contributed by atoms with Crippen LogP contribution < -0.4 is 5.32 Å². The van der Waals surface area contributed by atoms with Gasteiger partial charge in [-0.25, -0.2) is 0 Å². The Labute approximate surface area is 110 Å². The summed E-state index contributed by atoms with van der Waals surface area (Å²) in [4.78, 5) is 11.5. The first-order chi connectivity index (χ1) is 8.74. The minimum absolute atomic E-state index is 0.175. The molecular formula is C14H12ClNO2. The summed E-state index contributed by atoms with van der Waals surface area (Å²) >= 11 is 5.84. The first kappa shape index (κ1) is 12.5. The molecule has 1 heterocycles. The van der Waals surface area contributed by atoms with Crippen LogP contribution in [0, 0.1) is 0 Å². The Bertz CT molecular complexity index is 547. The van der Waals surface area contributed by atoms with Crippen LogP contribution in [0.4, 0.5) is 0 Å². The number of benzene rings is 1. The summed E-state index contributed by atoms with van der Waals surface area (Å²) in [6.45, 7) is 0.381. The molecule has 0 saturated heterocycles. The van der Waals surface area contributed by atoms with Crippen molar-refractivity contribution in [1.82, 2.24) is 5.32 Å². The first-order valence-electron chi connectivity index (χ1n) is 5.48. The van der Waals surface area contributed by atoms with Gasteiger partial charge in [0.1, 0.15) is 5.76 Å². The van der Waals surface area contributed by atoms with Crippen LogP contribution in [0.25, 0.3) is 6.08 Å². The molecule has 1 aromatic carbocycles. The number of furan rings is 1. The quantitative estimate of drug-likeness (QED) is 0.859. The first-order valence-corrected chi connectivity index (χ1v) is 5.86. The van der Waals surface area contributed by atoms with Gasteiger partial charge in [-0.15, -0.1) is 0 Å². The average molecular weight is 262 g/mol. The number of rotatable bonds is 4. The lowest BCUT2D eigenvalue weighted by molar-refractivity contribution is -0.116. The van der Waals surface area contributed by atoms with Crippen molar-refractivity contribution in [2.45, 2.75) is 6.54 Å². The van der Waals surface area contributed by atoms with Gasteiger partial charge in [0.2, 0.25) is 5.91 Å². The Balaban J connectivity index is 1.87. The highest BCUT2D eigenvalue weighted by atomic mass is 35.5. The number of amides is 1. The van der Waals surface area contributed by atoms with Crippen molar-refractivity contribution < 1.29 is 9.21 Å². The van der Waals surface area contributed by atoms with E-state index in [4.69, 9.17) is 16.0 Å². The van der Waals surface area contributed by atoms with Crippen LogP contribution in [-0.2, 0) is 11.3 Å². The highest BCUT2D eigenvalue weighted by Crippen LogP contribution is 2.11. The molecule has 0 bridgehead atoms. The molecule has 0 spiro atoms. The zero-order valence-corrected chi connectivity index (χ0v) is 10.4. The van der Waals surface area contributed by atoms with E-state index in [1.807, 2.05) is 12.1 Å². The standard InChI is InChI=1S/C14H12ClNO2/c15-12-4-1-3-11(9-12)6-7-14(17)16-10-13-5-2-8-18-13/h1-9H,10H2,(H,16,17). The fourth-order valence-electron chi connectivity index (χ4n) is 1.43. The molecule has 2 rings (SSSR count). The van der Waals surface area contributed by atoms with E-state index in [0.717, 1.165) is 11.3 Å². The van der Waals surface area contributed by atoms with Crippen LogP contribution in [0.15, 0.2) is 53.2 Å². The van der Waals surface area contributed by atoms with Gasteiger partial charge in [-0.05, 0) is 35.9 Å². The van der Waals surface area contributed by atoms with Crippen molar-refractivity contribution >= 4 is 23.6 Å². The van der Waals surface area contributed by atoms with E-state index < -0.39 is 0 Å². The average Bonchev–Trinajstić information content (AvgIpc) is 2.87. The molecule has 0 atom stereocenters. The monoisotopic (exact) mass is 261 g/mol. The van der Waals surface area contributed by atoms with Crippen molar-refractivity contribution in [3.63, 3.8) is 0 Å². The summed E-state index contributed by atoms with van der Waals surface area (Å²) in [6, 6.07) is 10.9. The summed E-state index contributed by atoms with van der Waals surface area (Å²) < 4.78 is 5.11. The molecule has 1 N–H and O–H groups in total. The Hall–Kier alpha value is -2.00. The van der Waals surface area contributed by atoms with E-state index in [1.165, 1.54) is 6.08 Å². The molecule has 0 aliphatic heterocycles. The third-order valence-electron chi connectivity index (χ3n) is 2.29. The van der Waals surface area contributed by atoms with Gasteiger partial charge in [0.25, 0.3) is 0 Å². The largest absolute Gasteiger partial charge is 0.467 e. The molecule has 3 nitrogen and oxygen atoms in total. The summed E-state index contributed by atoms with van der Waals surface area (Å²) in [6.07, 6.45) is 4.75. The van der Waals surface area contributed by atoms with E-state index in [0.29, 0.717) is 11.6 Å². The fraction of sp³-hybridized carbons (Fsp3) is 0.0714. The molecule has 4 heteroatoms. The van der Waals surface area contributed by atoms with Gasteiger partial charge < -0.3 is 9.73 Å². The molecule has 2 aromatic rings.